The number of hydrogen-bond donors (Lipinski definition) is 3. The van der Waals surface area contributed by atoms with Crippen molar-refractivity contribution >= 4 is 11.8 Å². The number of fused-ring (bicyclic) bond motifs is 1. The van der Waals surface area contributed by atoms with Crippen LogP contribution in [0.3, 0.4) is 0 Å². The fraction of sp³-hybridized carbons (Fsp3) is 0.750. The molecule has 1 aromatic heterocycles. The van der Waals surface area contributed by atoms with Gasteiger partial charge in [-0.15, -0.1) is 0 Å². The number of aromatic amines is 1. The molecule has 0 aromatic carbocycles. The number of carbonyl (C=O) groups excluding carboxylic acids is 2. The molecule has 3 heterocycles. The van der Waals surface area contributed by atoms with Gasteiger partial charge in [0, 0.05) is 49.4 Å². The molecule has 0 spiro atoms. The largest absolute Gasteiger partial charge is 0.376 e. The summed E-state index contributed by atoms with van der Waals surface area (Å²) in [5.41, 5.74) is 0. The van der Waals surface area contributed by atoms with Gasteiger partial charge in [-0.2, -0.15) is 0 Å². The Balaban J connectivity index is 1.44. The van der Waals surface area contributed by atoms with Crippen LogP contribution in [0, 0.1) is 11.8 Å². The standard InChI is InChI=1S/C20H31N5O3/c1-12(2)23-19(27)8-16-20-13(7-18(26)24-14-3-4-14)9-25(15(20)11-28-16)10-17-21-5-6-22-17/h5-6,12-16,20H,3-4,7-11H2,1-2H3,(H,21,22)(H,23,27)(H,24,26)/t13-,15-,16+,20-/m1/s1. The SMILES string of the molecule is CC(C)NC(=O)C[C@@H]1OC[C@@H]2[C@H]1[C@H](CC(=O)NC1CC1)CN2Cc1ncc[nH]1. The molecule has 0 bridgehead atoms. The van der Waals surface area contributed by atoms with Crippen LogP contribution in [0.5, 0.6) is 0 Å². The third kappa shape index (κ3) is 4.55. The van der Waals surface area contributed by atoms with Crippen LogP contribution in [0.15, 0.2) is 12.4 Å². The minimum atomic E-state index is -0.135. The minimum absolute atomic E-state index is 0.0197. The van der Waals surface area contributed by atoms with Crippen LogP contribution >= 0.6 is 0 Å². The van der Waals surface area contributed by atoms with Crippen molar-refractivity contribution in [2.75, 3.05) is 13.2 Å². The normalized spacial score (nSPS) is 29.8. The molecular weight excluding hydrogens is 358 g/mol. The van der Waals surface area contributed by atoms with Crippen LogP contribution < -0.4 is 10.6 Å². The number of rotatable bonds is 8. The molecule has 8 nitrogen and oxygen atoms in total. The van der Waals surface area contributed by atoms with Crippen LogP contribution in [0.2, 0.25) is 0 Å². The van der Waals surface area contributed by atoms with Crippen molar-refractivity contribution in [3.05, 3.63) is 18.2 Å². The summed E-state index contributed by atoms with van der Waals surface area (Å²) in [7, 11) is 0. The Morgan fingerprint density at radius 2 is 2.14 bits per heavy atom. The maximum atomic E-state index is 12.5. The minimum Gasteiger partial charge on any atom is -0.376 e. The summed E-state index contributed by atoms with van der Waals surface area (Å²) in [6.45, 7) is 6.07. The molecule has 0 radical (unpaired) electrons. The number of likely N-dealkylation sites (tertiary alicyclic amines) is 1. The Morgan fingerprint density at radius 1 is 1.32 bits per heavy atom. The van der Waals surface area contributed by atoms with Gasteiger partial charge < -0.3 is 20.4 Å². The average Bonchev–Trinajstić information content (AvgIpc) is 3.03. The molecule has 2 amide bonds. The van der Waals surface area contributed by atoms with E-state index in [9.17, 15) is 9.59 Å². The van der Waals surface area contributed by atoms with E-state index in [0.717, 1.165) is 25.2 Å². The van der Waals surface area contributed by atoms with E-state index in [4.69, 9.17) is 4.74 Å². The second-order valence-corrected chi connectivity index (χ2v) is 8.71. The number of nitrogens with zero attached hydrogens (tertiary/aromatic N) is 2. The van der Waals surface area contributed by atoms with Crippen LogP contribution in [-0.2, 0) is 20.9 Å². The second kappa shape index (κ2) is 8.21. The van der Waals surface area contributed by atoms with Gasteiger partial charge in [0.2, 0.25) is 11.8 Å². The predicted octanol–water partition coefficient (Wildman–Crippen LogP) is 0.809. The summed E-state index contributed by atoms with van der Waals surface area (Å²) in [5.74, 6) is 1.45. The fourth-order valence-corrected chi connectivity index (χ4v) is 4.69. The van der Waals surface area contributed by atoms with Crippen molar-refractivity contribution in [2.24, 2.45) is 11.8 Å². The zero-order chi connectivity index (χ0) is 19.7. The van der Waals surface area contributed by atoms with Gasteiger partial charge in [-0.05, 0) is 32.6 Å². The van der Waals surface area contributed by atoms with E-state index in [0.29, 0.717) is 32.0 Å². The number of nitrogens with one attached hydrogen (secondary N) is 3. The molecule has 0 unspecified atom stereocenters. The topological polar surface area (TPSA) is 99.3 Å². The number of hydrogen-bond acceptors (Lipinski definition) is 5. The first-order valence-corrected chi connectivity index (χ1v) is 10.4. The highest BCUT2D eigenvalue weighted by Crippen LogP contribution is 2.42. The maximum absolute atomic E-state index is 12.5. The number of amides is 2. The highest BCUT2D eigenvalue weighted by Gasteiger charge is 2.51. The molecule has 3 N–H and O–H groups in total. The molecule has 4 atom stereocenters. The average molecular weight is 390 g/mol. The van der Waals surface area contributed by atoms with E-state index >= 15 is 0 Å². The Kier molecular flexibility index (Phi) is 5.68. The van der Waals surface area contributed by atoms with E-state index in [2.05, 4.69) is 25.5 Å². The fourth-order valence-electron chi connectivity index (χ4n) is 4.69. The van der Waals surface area contributed by atoms with Crippen molar-refractivity contribution in [1.82, 2.24) is 25.5 Å². The van der Waals surface area contributed by atoms with Crippen molar-refractivity contribution in [3.8, 4) is 0 Å². The smallest absolute Gasteiger partial charge is 0.222 e. The summed E-state index contributed by atoms with van der Waals surface area (Å²) in [5, 5.41) is 6.07. The summed E-state index contributed by atoms with van der Waals surface area (Å²) in [4.78, 5) is 34.7. The Labute approximate surface area is 165 Å². The second-order valence-electron chi connectivity index (χ2n) is 8.71. The van der Waals surface area contributed by atoms with Crippen LogP contribution in [0.4, 0.5) is 0 Å². The number of carbonyl (C=O) groups is 2. The molecule has 2 aliphatic heterocycles. The number of H-pyrrole nitrogens is 1. The van der Waals surface area contributed by atoms with Gasteiger partial charge in [-0.25, -0.2) is 4.98 Å². The summed E-state index contributed by atoms with van der Waals surface area (Å²) in [6.07, 6.45) is 6.49. The van der Waals surface area contributed by atoms with Gasteiger partial charge in [0.15, 0.2) is 0 Å². The summed E-state index contributed by atoms with van der Waals surface area (Å²) in [6, 6.07) is 0.709. The molecule has 4 rings (SSSR count). The van der Waals surface area contributed by atoms with Gasteiger partial charge in [0.25, 0.3) is 0 Å². The van der Waals surface area contributed by atoms with Crippen molar-refractivity contribution in [3.63, 3.8) is 0 Å². The molecule has 28 heavy (non-hydrogen) atoms. The zero-order valence-electron chi connectivity index (χ0n) is 16.7. The van der Waals surface area contributed by atoms with Gasteiger partial charge >= 0.3 is 0 Å². The summed E-state index contributed by atoms with van der Waals surface area (Å²) >= 11 is 0. The summed E-state index contributed by atoms with van der Waals surface area (Å²) < 4.78 is 6.06. The van der Waals surface area contributed by atoms with Gasteiger partial charge in [0.1, 0.15) is 5.82 Å². The molecule has 154 valence electrons. The highest BCUT2D eigenvalue weighted by molar-refractivity contribution is 5.77. The molecule has 1 aromatic rings. The van der Waals surface area contributed by atoms with Crippen LogP contribution in [0.1, 0.15) is 45.4 Å². The lowest BCUT2D eigenvalue weighted by atomic mass is 9.84. The Hall–Kier alpha value is -1.93. The first kappa shape index (κ1) is 19.4. The predicted molar refractivity (Wildman–Crippen MR) is 103 cm³/mol. The van der Waals surface area contributed by atoms with Gasteiger partial charge in [-0.1, -0.05) is 0 Å². The van der Waals surface area contributed by atoms with E-state index in [1.54, 1.807) is 6.20 Å². The Morgan fingerprint density at radius 3 is 2.82 bits per heavy atom. The van der Waals surface area contributed by atoms with Crippen molar-refractivity contribution in [1.29, 1.82) is 0 Å². The highest BCUT2D eigenvalue weighted by atomic mass is 16.5. The quantitative estimate of drug-likeness (QED) is 0.611. The number of aromatic nitrogens is 2. The third-order valence-corrected chi connectivity index (χ3v) is 5.97. The molecule has 1 aliphatic carbocycles. The zero-order valence-corrected chi connectivity index (χ0v) is 16.7. The lowest BCUT2D eigenvalue weighted by Gasteiger charge is -2.23. The monoisotopic (exact) mass is 389 g/mol. The van der Waals surface area contributed by atoms with Crippen LogP contribution in [-0.4, -0.2) is 64.1 Å². The van der Waals surface area contributed by atoms with Gasteiger partial charge in [-0.3, -0.25) is 14.5 Å². The molecule has 8 heteroatoms. The number of imidazole rings is 1. The Bertz CT molecular complexity index is 688. The maximum Gasteiger partial charge on any atom is 0.222 e. The molecule has 2 saturated heterocycles. The van der Waals surface area contributed by atoms with E-state index < -0.39 is 0 Å². The lowest BCUT2D eigenvalue weighted by Crippen LogP contribution is -2.37. The third-order valence-electron chi connectivity index (χ3n) is 5.97. The first-order chi connectivity index (χ1) is 13.5. The molecular formula is C20H31N5O3. The lowest BCUT2D eigenvalue weighted by molar-refractivity contribution is -0.124. The van der Waals surface area contributed by atoms with Crippen molar-refractivity contribution < 1.29 is 14.3 Å². The first-order valence-electron chi connectivity index (χ1n) is 10.4. The number of ether oxygens (including phenoxy) is 1. The van der Waals surface area contributed by atoms with E-state index in [1.165, 1.54) is 0 Å². The van der Waals surface area contributed by atoms with E-state index in [1.807, 2.05) is 20.0 Å². The van der Waals surface area contributed by atoms with E-state index in [-0.39, 0.29) is 41.8 Å². The molecule has 3 fully saturated rings. The molecule has 1 saturated carbocycles. The molecule has 3 aliphatic rings. The van der Waals surface area contributed by atoms with Crippen molar-refractivity contribution in [2.45, 2.75) is 70.3 Å². The van der Waals surface area contributed by atoms with Crippen LogP contribution in [0.25, 0.3) is 0 Å². The van der Waals surface area contributed by atoms with Gasteiger partial charge in [0.05, 0.1) is 25.7 Å².